The molecule has 0 aliphatic heterocycles. The number of nitrogens with zero attached hydrogens (tertiary/aromatic N) is 3. The van der Waals surface area contributed by atoms with E-state index in [4.69, 9.17) is 4.98 Å². The Morgan fingerprint density at radius 2 is 1.95 bits per heavy atom. The molecular weight excluding hydrogens is 268 g/mol. The van der Waals surface area contributed by atoms with Gasteiger partial charge in [-0.3, -0.25) is 0 Å². The normalized spacial score (nSPS) is 11.4. The lowest BCUT2D eigenvalue weighted by Gasteiger charge is -2.15. The molecule has 1 N–H and O–H groups in total. The van der Waals surface area contributed by atoms with Crippen molar-refractivity contribution in [3.05, 3.63) is 11.4 Å². The maximum Gasteiger partial charge on any atom is 0.134 e. The first kappa shape index (κ1) is 17.2. The van der Waals surface area contributed by atoms with E-state index in [0.29, 0.717) is 5.92 Å². The molecule has 20 heavy (non-hydrogen) atoms. The van der Waals surface area contributed by atoms with Crippen LogP contribution in [0.4, 0.5) is 5.82 Å². The summed E-state index contributed by atoms with van der Waals surface area (Å²) in [5, 5.41) is 4.54. The van der Waals surface area contributed by atoms with E-state index in [1.807, 2.05) is 11.8 Å². The van der Waals surface area contributed by atoms with Gasteiger partial charge in [-0.05, 0) is 27.4 Å². The lowest BCUT2D eigenvalue weighted by molar-refractivity contribution is 0.437. The molecule has 0 spiro atoms. The molecule has 0 aromatic carbocycles. The van der Waals surface area contributed by atoms with Crippen molar-refractivity contribution in [2.45, 2.75) is 45.1 Å². The SMILES string of the molecule is CCCNc1nc(C(C)C)nc(SCCN(C)C)c1C. The lowest BCUT2D eigenvalue weighted by Crippen LogP contribution is -2.15. The quantitative estimate of drug-likeness (QED) is 0.588. The number of nitrogens with one attached hydrogen (secondary N) is 1. The summed E-state index contributed by atoms with van der Waals surface area (Å²) in [6.45, 7) is 10.6. The molecule has 1 heterocycles. The van der Waals surface area contributed by atoms with Crippen LogP contribution in [0.25, 0.3) is 0 Å². The molecule has 114 valence electrons. The Labute approximate surface area is 127 Å². The lowest BCUT2D eigenvalue weighted by atomic mass is 10.2. The monoisotopic (exact) mass is 296 g/mol. The molecule has 0 atom stereocenters. The average molecular weight is 296 g/mol. The van der Waals surface area contributed by atoms with Crippen molar-refractivity contribution in [2.24, 2.45) is 0 Å². The predicted octanol–water partition coefficient (Wildman–Crippen LogP) is 3.38. The third-order valence-electron chi connectivity index (χ3n) is 2.95. The fourth-order valence-electron chi connectivity index (χ4n) is 1.65. The highest BCUT2D eigenvalue weighted by Crippen LogP contribution is 2.27. The molecule has 0 aliphatic rings. The van der Waals surface area contributed by atoms with Gasteiger partial charge >= 0.3 is 0 Å². The van der Waals surface area contributed by atoms with Crippen molar-refractivity contribution < 1.29 is 0 Å². The van der Waals surface area contributed by atoms with Crippen molar-refractivity contribution >= 4 is 17.6 Å². The van der Waals surface area contributed by atoms with Gasteiger partial charge in [-0.25, -0.2) is 9.97 Å². The van der Waals surface area contributed by atoms with Gasteiger partial charge in [0.1, 0.15) is 16.7 Å². The summed E-state index contributed by atoms with van der Waals surface area (Å²) in [6, 6.07) is 0. The highest BCUT2D eigenvalue weighted by atomic mass is 32.2. The highest BCUT2D eigenvalue weighted by Gasteiger charge is 2.13. The topological polar surface area (TPSA) is 41.1 Å². The first-order valence-corrected chi connectivity index (χ1v) is 8.34. The molecular formula is C15H28N4S. The van der Waals surface area contributed by atoms with Crippen molar-refractivity contribution in [2.75, 3.05) is 38.3 Å². The van der Waals surface area contributed by atoms with Gasteiger partial charge in [0.05, 0.1) is 0 Å². The van der Waals surface area contributed by atoms with Crippen LogP contribution < -0.4 is 5.32 Å². The maximum atomic E-state index is 4.73. The standard InChI is InChI=1S/C15H28N4S/c1-7-8-16-14-12(4)15(20-10-9-19(5)6)18-13(17-14)11(2)3/h11H,7-10H2,1-6H3,(H,16,17,18). The molecule has 0 bridgehead atoms. The van der Waals surface area contributed by atoms with Crippen LogP contribution >= 0.6 is 11.8 Å². The Kier molecular flexibility index (Phi) is 7.30. The van der Waals surface area contributed by atoms with Crippen LogP contribution in [-0.4, -0.2) is 47.8 Å². The fraction of sp³-hybridized carbons (Fsp3) is 0.733. The Morgan fingerprint density at radius 3 is 2.50 bits per heavy atom. The molecule has 1 rings (SSSR count). The van der Waals surface area contributed by atoms with E-state index < -0.39 is 0 Å². The zero-order chi connectivity index (χ0) is 15.1. The number of anilines is 1. The summed E-state index contributed by atoms with van der Waals surface area (Å²) in [4.78, 5) is 11.6. The number of thioether (sulfide) groups is 1. The van der Waals surface area contributed by atoms with E-state index in [0.717, 1.165) is 41.9 Å². The number of rotatable bonds is 8. The van der Waals surface area contributed by atoms with Gasteiger partial charge in [0.2, 0.25) is 0 Å². The molecule has 1 aromatic rings. The van der Waals surface area contributed by atoms with E-state index >= 15 is 0 Å². The maximum absolute atomic E-state index is 4.73. The van der Waals surface area contributed by atoms with Gasteiger partial charge < -0.3 is 10.2 Å². The average Bonchev–Trinajstić information content (AvgIpc) is 2.38. The Balaban J connectivity index is 2.92. The van der Waals surface area contributed by atoms with E-state index in [2.05, 4.69) is 57.0 Å². The third-order valence-corrected chi connectivity index (χ3v) is 4.01. The van der Waals surface area contributed by atoms with Crippen molar-refractivity contribution in [3.63, 3.8) is 0 Å². The molecule has 0 fully saturated rings. The van der Waals surface area contributed by atoms with E-state index in [-0.39, 0.29) is 0 Å². The van der Waals surface area contributed by atoms with Crippen LogP contribution in [0, 0.1) is 6.92 Å². The molecule has 0 aliphatic carbocycles. The van der Waals surface area contributed by atoms with Crippen molar-refractivity contribution in [3.8, 4) is 0 Å². The predicted molar refractivity (Wildman–Crippen MR) is 88.9 cm³/mol. The van der Waals surface area contributed by atoms with Crippen LogP contribution in [0.1, 0.15) is 44.5 Å². The van der Waals surface area contributed by atoms with Crippen LogP contribution in [0.5, 0.6) is 0 Å². The van der Waals surface area contributed by atoms with Gasteiger partial charge in [0.15, 0.2) is 0 Å². The van der Waals surface area contributed by atoms with Gasteiger partial charge in [-0.2, -0.15) is 0 Å². The summed E-state index contributed by atoms with van der Waals surface area (Å²) < 4.78 is 0. The third kappa shape index (κ3) is 5.29. The first-order chi connectivity index (χ1) is 9.45. The largest absolute Gasteiger partial charge is 0.370 e. The Hall–Kier alpha value is -0.810. The van der Waals surface area contributed by atoms with Gasteiger partial charge in [0, 0.05) is 30.3 Å². The summed E-state index contributed by atoms with van der Waals surface area (Å²) in [5.74, 6) is 3.33. The Bertz CT molecular complexity index is 419. The van der Waals surface area contributed by atoms with Crippen LogP contribution in [-0.2, 0) is 0 Å². The molecule has 0 saturated carbocycles. The zero-order valence-corrected chi connectivity index (χ0v) is 14.5. The second kappa shape index (κ2) is 8.47. The van der Waals surface area contributed by atoms with Crippen molar-refractivity contribution in [1.29, 1.82) is 0 Å². The summed E-state index contributed by atoms with van der Waals surface area (Å²) in [6.07, 6.45) is 1.10. The minimum atomic E-state index is 0.353. The molecule has 5 heteroatoms. The zero-order valence-electron chi connectivity index (χ0n) is 13.7. The van der Waals surface area contributed by atoms with Crippen LogP contribution in [0.2, 0.25) is 0 Å². The number of hydrogen-bond donors (Lipinski definition) is 1. The second-order valence-electron chi connectivity index (χ2n) is 5.59. The number of aromatic nitrogens is 2. The molecule has 4 nitrogen and oxygen atoms in total. The summed E-state index contributed by atoms with van der Waals surface area (Å²) in [7, 11) is 4.20. The van der Waals surface area contributed by atoms with Crippen LogP contribution in [0.3, 0.4) is 0 Å². The van der Waals surface area contributed by atoms with Crippen LogP contribution in [0.15, 0.2) is 5.03 Å². The molecule has 1 aromatic heterocycles. The highest BCUT2D eigenvalue weighted by molar-refractivity contribution is 7.99. The van der Waals surface area contributed by atoms with E-state index in [1.165, 1.54) is 5.56 Å². The summed E-state index contributed by atoms with van der Waals surface area (Å²) >= 11 is 1.82. The van der Waals surface area contributed by atoms with Crippen molar-refractivity contribution in [1.82, 2.24) is 14.9 Å². The molecule has 0 amide bonds. The van der Waals surface area contributed by atoms with Gasteiger partial charge in [0.25, 0.3) is 0 Å². The van der Waals surface area contributed by atoms with Gasteiger partial charge in [-0.1, -0.05) is 20.8 Å². The summed E-state index contributed by atoms with van der Waals surface area (Å²) in [5.41, 5.74) is 1.17. The number of hydrogen-bond acceptors (Lipinski definition) is 5. The fourth-order valence-corrected chi connectivity index (χ4v) is 2.77. The first-order valence-electron chi connectivity index (χ1n) is 7.35. The smallest absolute Gasteiger partial charge is 0.134 e. The minimum absolute atomic E-state index is 0.353. The second-order valence-corrected chi connectivity index (χ2v) is 6.68. The molecule has 0 unspecified atom stereocenters. The van der Waals surface area contributed by atoms with Gasteiger partial charge in [-0.15, -0.1) is 11.8 Å². The minimum Gasteiger partial charge on any atom is -0.370 e. The molecule has 0 radical (unpaired) electrons. The molecule has 0 saturated heterocycles. The van der Waals surface area contributed by atoms with E-state index in [9.17, 15) is 0 Å². The van der Waals surface area contributed by atoms with E-state index in [1.54, 1.807) is 0 Å². The Morgan fingerprint density at radius 1 is 1.25 bits per heavy atom.